The molecule has 0 saturated carbocycles. The second-order valence-electron chi connectivity index (χ2n) is 8.77. The Bertz CT molecular complexity index is 1140. The molecule has 0 aliphatic carbocycles. The van der Waals surface area contributed by atoms with Crippen LogP contribution in [0.5, 0.6) is 5.75 Å². The Morgan fingerprint density at radius 1 is 1.19 bits per heavy atom. The van der Waals surface area contributed by atoms with Crippen molar-refractivity contribution in [1.82, 2.24) is 15.3 Å². The number of benzene rings is 2. The van der Waals surface area contributed by atoms with E-state index < -0.39 is 5.60 Å². The highest BCUT2D eigenvalue weighted by atomic mass is 16.3. The van der Waals surface area contributed by atoms with E-state index in [0.717, 1.165) is 48.2 Å². The van der Waals surface area contributed by atoms with Gasteiger partial charge in [-0.15, -0.1) is 0 Å². The van der Waals surface area contributed by atoms with E-state index in [-0.39, 0.29) is 17.7 Å². The highest BCUT2D eigenvalue weighted by Gasteiger charge is 2.31. The van der Waals surface area contributed by atoms with Gasteiger partial charge in [-0.1, -0.05) is 25.1 Å². The Balaban J connectivity index is 1.62. The quantitative estimate of drug-likeness (QED) is 0.568. The fraction of sp³-hybridized carbons (Fsp3) is 0.400. The lowest BCUT2D eigenvalue weighted by molar-refractivity contribution is -0.139. The number of piperidine rings is 1. The monoisotopic (exact) mass is 434 g/mol. The zero-order valence-corrected chi connectivity index (χ0v) is 18.8. The second kappa shape index (κ2) is 8.74. The average molecular weight is 435 g/mol. The molecule has 0 bridgehead atoms. The van der Waals surface area contributed by atoms with Crippen molar-refractivity contribution in [3.63, 3.8) is 0 Å². The average Bonchev–Trinajstić information content (AvgIpc) is 2.79. The number of anilines is 1. The summed E-state index contributed by atoms with van der Waals surface area (Å²) >= 11 is 0. The van der Waals surface area contributed by atoms with Crippen molar-refractivity contribution >= 4 is 22.6 Å². The molecule has 1 atom stereocenters. The summed E-state index contributed by atoms with van der Waals surface area (Å²) in [5.74, 6) is 1.15. The van der Waals surface area contributed by atoms with Gasteiger partial charge in [0.1, 0.15) is 17.2 Å². The number of aromatic nitrogens is 2. The predicted molar refractivity (Wildman–Crippen MR) is 126 cm³/mol. The number of carbonyl (C=O) groups excluding carboxylic acids is 1. The molecule has 3 aromatic rings. The third-order valence-corrected chi connectivity index (χ3v) is 6.28. The van der Waals surface area contributed by atoms with Crippen molar-refractivity contribution in [2.24, 2.45) is 0 Å². The van der Waals surface area contributed by atoms with Crippen LogP contribution in [0.2, 0.25) is 0 Å². The largest absolute Gasteiger partial charge is 0.507 e. The SMILES string of the molecule is CCC(C)(O)C(=O)NC1CCN(c2nc(-c3ccccc3O)nc3cc(C)ccc23)CC1. The number of phenols is 1. The standard InChI is InChI=1S/C25H30N4O3/c1-4-25(3,32)24(31)26-17-11-13-29(14-12-17)23-18-10-9-16(2)15-20(18)27-22(28-23)19-7-5-6-8-21(19)30/h5-10,15,17,30,32H,4,11-14H2,1-3H3,(H,26,31). The first-order valence-electron chi connectivity index (χ1n) is 11.1. The molecular formula is C25H30N4O3. The number of aliphatic hydroxyl groups is 1. The number of aryl methyl sites for hydroxylation is 1. The van der Waals surface area contributed by atoms with Crippen LogP contribution in [0.25, 0.3) is 22.3 Å². The van der Waals surface area contributed by atoms with Crippen LogP contribution in [0, 0.1) is 6.92 Å². The summed E-state index contributed by atoms with van der Waals surface area (Å²) in [7, 11) is 0. The fourth-order valence-corrected chi connectivity index (χ4v) is 3.98. The lowest BCUT2D eigenvalue weighted by Gasteiger charge is -2.35. The molecule has 1 aliphatic heterocycles. The van der Waals surface area contributed by atoms with Crippen LogP contribution in [-0.2, 0) is 4.79 Å². The van der Waals surface area contributed by atoms with Gasteiger partial charge in [-0.3, -0.25) is 4.79 Å². The molecule has 2 aromatic carbocycles. The van der Waals surface area contributed by atoms with Gasteiger partial charge in [0.05, 0.1) is 11.1 Å². The number of nitrogens with zero attached hydrogens (tertiary/aromatic N) is 3. The number of amides is 1. The summed E-state index contributed by atoms with van der Waals surface area (Å²) in [6.07, 6.45) is 1.89. The molecule has 1 amide bonds. The first kappa shape index (κ1) is 22.0. The zero-order valence-electron chi connectivity index (χ0n) is 18.8. The van der Waals surface area contributed by atoms with Crippen molar-refractivity contribution < 1.29 is 15.0 Å². The number of phenolic OH excluding ortho intramolecular Hbond substituents is 1. The molecule has 1 aromatic heterocycles. The molecule has 0 radical (unpaired) electrons. The molecule has 2 heterocycles. The summed E-state index contributed by atoms with van der Waals surface area (Å²) in [6.45, 7) is 6.82. The maximum absolute atomic E-state index is 12.3. The Hall–Kier alpha value is -3.19. The van der Waals surface area contributed by atoms with Gasteiger partial charge in [0.15, 0.2) is 5.82 Å². The topological polar surface area (TPSA) is 98.6 Å². The van der Waals surface area contributed by atoms with E-state index in [4.69, 9.17) is 9.97 Å². The van der Waals surface area contributed by atoms with Gasteiger partial charge in [0.25, 0.3) is 5.91 Å². The normalized spacial score (nSPS) is 16.7. The molecule has 1 saturated heterocycles. The summed E-state index contributed by atoms with van der Waals surface area (Å²) in [5, 5.41) is 24.5. The number of nitrogens with one attached hydrogen (secondary N) is 1. The van der Waals surface area contributed by atoms with E-state index >= 15 is 0 Å². The van der Waals surface area contributed by atoms with Crippen molar-refractivity contribution in [2.75, 3.05) is 18.0 Å². The molecule has 168 valence electrons. The Labute approximate surface area is 188 Å². The van der Waals surface area contributed by atoms with Gasteiger partial charge in [-0.25, -0.2) is 9.97 Å². The van der Waals surface area contributed by atoms with Crippen molar-refractivity contribution in [3.8, 4) is 17.1 Å². The Morgan fingerprint density at radius 2 is 1.91 bits per heavy atom. The third-order valence-electron chi connectivity index (χ3n) is 6.28. The molecule has 7 heteroatoms. The van der Waals surface area contributed by atoms with Gasteiger partial charge < -0.3 is 20.4 Å². The maximum Gasteiger partial charge on any atom is 0.251 e. The third kappa shape index (κ3) is 4.39. The Kier molecular flexibility index (Phi) is 6.02. The van der Waals surface area contributed by atoms with Gasteiger partial charge in [0.2, 0.25) is 0 Å². The molecule has 7 nitrogen and oxygen atoms in total. The molecule has 3 N–H and O–H groups in total. The van der Waals surface area contributed by atoms with Crippen LogP contribution in [0.1, 0.15) is 38.7 Å². The number of rotatable bonds is 5. The predicted octanol–water partition coefficient (Wildman–Crippen LogP) is 3.56. The molecule has 1 unspecified atom stereocenters. The molecular weight excluding hydrogens is 404 g/mol. The number of para-hydroxylation sites is 1. The highest BCUT2D eigenvalue weighted by molar-refractivity contribution is 5.92. The van der Waals surface area contributed by atoms with E-state index in [1.807, 2.05) is 31.2 Å². The van der Waals surface area contributed by atoms with Crippen LogP contribution in [0.15, 0.2) is 42.5 Å². The van der Waals surface area contributed by atoms with Gasteiger partial charge in [0, 0.05) is 24.5 Å². The van der Waals surface area contributed by atoms with Gasteiger partial charge in [-0.05, 0) is 62.9 Å². The van der Waals surface area contributed by atoms with Crippen LogP contribution >= 0.6 is 0 Å². The van der Waals surface area contributed by atoms with Crippen molar-refractivity contribution in [1.29, 1.82) is 0 Å². The molecule has 4 rings (SSSR count). The zero-order chi connectivity index (χ0) is 22.9. The first-order valence-corrected chi connectivity index (χ1v) is 11.1. The minimum Gasteiger partial charge on any atom is -0.507 e. The number of carbonyl (C=O) groups is 1. The lowest BCUT2D eigenvalue weighted by Crippen LogP contribution is -2.51. The lowest BCUT2D eigenvalue weighted by atomic mass is 9.99. The van der Waals surface area contributed by atoms with E-state index in [9.17, 15) is 15.0 Å². The van der Waals surface area contributed by atoms with Crippen LogP contribution in [0.3, 0.4) is 0 Å². The van der Waals surface area contributed by atoms with Gasteiger partial charge >= 0.3 is 0 Å². The summed E-state index contributed by atoms with van der Waals surface area (Å²) in [5.41, 5.74) is 1.20. The van der Waals surface area contributed by atoms with Crippen LogP contribution < -0.4 is 10.2 Å². The van der Waals surface area contributed by atoms with E-state index in [0.29, 0.717) is 17.8 Å². The number of fused-ring (bicyclic) bond motifs is 1. The fourth-order valence-electron chi connectivity index (χ4n) is 3.98. The molecule has 32 heavy (non-hydrogen) atoms. The van der Waals surface area contributed by atoms with E-state index in [2.05, 4.69) is 16.3 Å². The van der Waals surface area contributed by atoms with E-state index in [1.54, 1.807) is 26.0 Å². The van der Waals surface area contributed by atoms with Gasteiger partial charge in [-0.2, -0.15) is 0 Å². The molecule has 1 fully saturated rings. The highest BCUT2D eigenvalue weighted by Crippen LogP contribution is 2.33. The summed E-state index contributed by atoms with van der Waals surface area (Å²) in [4.78, 5) is 24.1. The van der Waals surface area contributed by atoms with Crippen molar-refractivity contribution in [3.05, 3.63) is 48.0 Å². The molecule has 0 spiro atoms. The summed E-state index contributed by atoms with van der Waals surface area (Å²) < 4.78 is 0. The van der Waals surface area contributed by atoms with Crippen LogP contribution in [0.4, 0.5) is 5.82 Å². The van der Waals surface area contributed by atoms with Crippen LogP contribution in [-0.4, -0.2) is 50.8 Å². The molecule has 1 aliphatic rings. The van der Waals surface area contributed by atoms with E-state index in [1.165, 1.54) is 0 Å². The number of aromatic hydroxyl groups is 1. The maximum atomic E-state index is 12.3. The minimum atomic E-state index is -1.34. The van der Waals surface area contributed by atoms with Crippen molar-refractivity contribution in [2.45, 2.75) is 51.7 Å². The number of hydrogen-bond donors (Lipinski definition) is 3. The second-order valence-corrected chi connectivity index (χ2v) is 8.77. The smallest absolute Gasteiger partial charge is 0.251 e. The number of hydrogen-bond acceptors (Lipinski definition) is 6. The first-order chi connectivity index (χ1) is 15.3. The minimum absolute atomic E-state index is 0.0183. The summed E-state index contributed by atoms with van der Waals surface area (Å²) in [6, 6.07) is 13.2. The Morgan fingerprint density at radius 3 is 2.59 bits per heavy atom.